The first-order chi connectivity index (χ1) is 10.9. The van der Waals surface area contributed by atoms with E-state index in [0.717, 1.165) is 5.56 Å². The fraction of sp³-hybridized carbons (Fsp3) is 0.438. The molecule has 1 aliphatic heterocycles. The first kappa shape index (κ1) is 17.3. The van der Waals surface area contributed by atoms with E-state index in [-0.39, 0.29) is 17.7 Å². The van der Waals surface area contributed by atoms with E-state index in [4.69, 9.17) is 0 Å². The molecule has 1 atom stereocenters. The molecule has 2 rings (SSSR count). The number of anilines is 2. The fourth-order valence-corrected chi connectivity index (χ4v) is 3.54. The smallest absolute Gasteiger partial charge is 0.248 e. The molecule has 124 valence electrons. The largest absolute Gasteiger partial charge is 0.326 e. The van der Waals surface area contributed by atoms with Crippen molar-refractivity contribution in [2.24, 2.45) is 0 Å². The van der Waals surface area contributed by atoms with E-state index in [1.807, 2.05) is 13.0 Å². The van der Waals surface area contributed by atoms with Crippen LogP contribution in [0.15, 0.2) is 18.2 Å². The van der Waals surface area contributed by atoms with Crippen molar-refractivity contribution in [1.29, 1.82) is 0 Å². The third kappa shape index (κ3) is 4.25. The third-order valence-electron chi connectivity index (χ3n) is 3.62. The number of thioether (sulfide) groups is 1. The molecular formula is C16H21N3O3S. The summed E-state index contributed by atoms with van der Waals surface area (Å²) >= 11 is 1.58. The molecule has 6 nitrogen and oxygen atoms in total. The van der Waals surface area contributed by atoms with Crippen LogP contribution in [0.25, 0.3) is 0 Å². The van der Waals surface area contributed by atoms with Gasteiger partial charge in [0.05, 0.1) is 5.88 Å². The molecule has 0 spiro atoms. The number of aryl methyl sites for hydroxylation is 1. The van der Waals surface area contributed by atoms with E-state index in [1.165, 1.54) is 6.92 Å². The van der Waals surface area contributed by atoms with E-state index in [1.54, 1.807) is 35.7 Å². The summed E-state index contributed by atoms with van der Waals surface area (Å²) in [7, 11) is 0. The summed E-state index contributed by atoms with van der Waals surface area (Å²) in [6, 6.07) is 4.89. The summed E-state index contributed by atoms with van der Waals surface area (Å²) in [4.78, 5) is 37.2. The minimum atomic E-state index is -0.448. The van der Waals surface area contributed by atoms with Crippen LogP contribution >= 0.6 is 11.8 Å². The number of nitrogens with zero attached hydrogens (tertiary/aromatic N) is 1. The Kier molecular flexibility index (Phi) is 5.65. The Morgan fingerprint density at radius 1 is 1.30 bits per heavy atom. The predicted octanol–water partition coefficient (Wildman–Crippen LogP) is 2.20. The first-order valence-corrected chi connectivity index (χ1v) is 8.64. The lowest BCUT2D eigenvalue weighted by atomic mass is 10.1. The molecular weight excluding hydrogens is 314 g/mol. The van der Waals surface area contributed by atoms with Gasteiger partial charge in [0.2, 0.25) is 17.7 Å². The average molecular weight is 335 g/mol. The molecule has 3 amide bonds. The number of rotatable bonds is 4. The van der Waals surface area contributed by atoms with Gasteiger partial charge in [-0.1, -0.05) is 13.0 Å². The summed E-state index contributed by atoms with van der Waals surface area (Å²) in [5, 5.41) is 5.57. The van der Waals surface area contributed by atoms with Crippen molar-refractivity contribution in [3.05, 3.63) is 23.8 Å². The quantitative estimate of drug-likeness (QED) is 0.884. The maximum atomic E-state index is 12.5. The molecule has 1 heterocycles. The molecule has 1 aliphatic rings. The van der Waals surface area contributed by atoms with Crippen LogP contribution in [0.5, 0.6) is 0 Å². The number of hydrogen-bond donors (Lipinski definition) is 2. The number of hydrogen-bond acceptors (Lipinski definition) is 4. The van der Waals surface area contributed by atoms with Crippen molar-refractivity contribution < 1.29 is 14.4 Å². The molecule has 1 aromatic rings. The molecule has 7 heteroatoms. The molecule has 1 saturated heterocycles. The maximum absolute atomic E-state index is 12.5. The molecule has 1 unspecified atom stereocenters. The van der Waals surface area contributed by atoms with E-state index < -0.39 is 6.04 Å². The SMILES string of the molecule is CCC(=O)N1CSCC1C(=O)Nc1cc(NC(C)=O)ccc1C. The van der Waals surface area contributed by atoms with Gasteiger partial charge in [-0.15, -0.1) is 11.8 Å². The standard InChI is InChI=1S/C16H21N3O3S/c1-4-15(21)19-9-23-8-14(19)16(22)18-13-7-12(17-11(3)20)6-5-10(13)2/h5-7,14H,4,8-9H2,1-3H3,(H,17,20)(H,18,22). The van der Waals surface area contributed by atoms with Crippen molar-refractivity contribution in [1.82, 2.24) is 4.90 Å². The van der Waals surface area contributed by atoms with Crippen LogP contribution in [-0.4, -0.2) is 40.3 Å². The van der Waals surface area contributed by atoms with Gasteiger partial charge in [-0.05, 0) is 24.6 Å². The number of nitrogens with one attached hydrogen (secondary N) is 2. The number of carbonyl (C=O) groups excluding carboxylic acids is 3. The maximum Gasteiger partial charge on any atom is 0.248 e. The Balaban J connectivity index is 2.13. The van der Waals surface area contributed by atoms with Gasteiger partial charge in [0.1, 0.15) is 6.04 Å². The monoisotopic (exact) mass is 335 g/mol. The van der Waals surface area contributed by atoms with Crippen molar-refractivity contribution >= 4 is 40.9 Å². The van der Waals surface area contributed by atoms with Crippen LogP contribution in [0.3, 0.4) is 0 Å². The van der Waals surface area contributed by atoms with Gasteiger partial charge in [0.25, 0.3) is 0 Å². The Morgan fingerprint density at radius 3 is 2.70 bits per heavy atom. The highest BCUT2D eigenvalue weighted by Gasteiger charge is 2.33. The van der Waals surface area contributed by atoms with Crippen molar-refractivity contribution in [2.45, 2.75) is 33.2 Å². The van der Waals surface area contributed by atoms with Crippen molar-refractivity contribution in [2.75, 3.05) is 22.3 Å². The molecule has 0 aliphatic carbocycles. The van der Waals surface area contributed by atoms with Crippen molar-refractivity contribution in [3.63, 3.8) is 0 Å². The molecule has 23 heavy (non-hydrogen) atoms. The van der Waals surface area contributed by atoms with Crippen LogP contribution in [0, 0.1) is 6.92 Å². The van der Waals surface area contributed by atoms with Gasteiger partial charge in [0, 0.05) is 30.5 Å². The van der Waals surface area contributed by atoms with Crippen LogP contribution in [0.4, 0.5) is 11.4 Å². The Labute approximate surface area is 140 Å². The molecule has 0 bridgehead atoms. The molecule has 0 radical (unpaired) electrons. The second-order valence-electron chi connectivity index (χ2n) is 5.43. The Hall–Kier alpha value is -2.02. The van der Waals surface area contributed by atoms with E-state index >= 15 is 0 Å². The summed E-state index contributed by atoms with van der Waals surface area (Å²) in [5.74, 6) is 0.773. The van der Waals surface area contributed by atoms with Crippen molar-refractivity contribution in [3.8, 4) is 0 Å². The number of carbonyl (C=O) groups is 3. The van der Waals surface area contributed by atoms with Crippen LogP contribution in [0.2, 0.25) is 0 Å². The highest BCUT2D eigenvalue weighted by molar-refractivity contribution is 7.99. The predicted molar refractivity (Wildman–Crippen MR) is 92.4 cm³/mol. The lowest BCUT2D eigenvalue weighted by Crippen LogP contribution is -2.44. The second kappa shape index (κ2) is 7.50. The van der Waals surface area contributed by atoms with Gasteiger partial charge in [-0.2, -0.15) is 0 Å². The molecule has 1 fully saturated rings. The van der Waals surface area contributed by atoms with Crippen LogP contribution in [-0.2, 0) is 14.4 Å². The zero-order chi connectivity index (χ0) is 17.0. The Bertz CT molecular complexity index is 633. The molecule has 2 N–H and O–H groups in total. The lowest BCUT2D eigenvalue weighted by molar-refractivity contribution is -0.135. The zero-order valence-corrected chi connectivity index (χ0v) is 14.3. The summed E-state index contributed by atoms with van der Waals surface area (Å²) in [5.41, 5.74) is 2.16. The highest BCUT2D eigenvalue weighted by atomic mass is 32.2. The number of benzene rings is 1. The van der Waals surface area contributed by atoms with Gasteiger partial charge in [0.15, 0.2) is 0 Å². The Morgan fingerprint density at radius 2 is 2.04 bits per heavy atom. The van der Waals surface area contributed by atoms with Gasteiger partial charge < -0.3 is 15.5 Å². The normalized spacial score (nSPS) is 17.0. The summed E-state index contributed by atoms with van der Waals surface area (Å²) in [6.07, 6.45) is 0.390. The summed E-state index contributed by atoms with van der Waals surface area (Å²) in [6.45, 7) is 5.11. The van der Waals surface area contributed by atoms with Crippen LogP contribution in [0.1, 0.15) is 25.8 Å². The van der Waals surface area contributed by atoms with Crippen LogP contribution < -0.4 is 10.6 Å². The van der Waals surface area contributed by atoms with E-state index in [2.05, 4.69) is 10.6 Å². The zero-order valence-electron chi connectivity index (χ0n) is 13.5. The number of amides is 3. The average Bonchev–Trinajstić information content (AvgIpc) is 2.99. The topological polar surface area (TPSA) is 78.5 Å². The molecule has 0 saturated carbocycles. The minimum Gasteiger partial charge on any atom is -0.326 e. The van der Waals surface area contributed by atoms with Gasteiger partial charge in [-0.25, -0.2) is 0 Å². The first-order valence-electron chi connectivity index (χ1n) is 7.48. The molecule has 1 aromatic carbocycles. The van der Waals surface area contributed by atoms with Gasteiger partial charge in [-0.3, -0.25) is 14.4 Å². The third-order valence-corrected chi connectivity index (χ3v) is 4.64. The second-order valence-corrected chi connectivity index (χ2v) is 6.43. The highest BCUT2D eigenvalue weighted by Crippen LogP contribution is 2.25. The van der Waals surface area contributed by atoms with Gasteiger partial charge >= 0.3 is 0 Å². The van der Waals surface area contributed by atoms with E-state index in [9.17, 15) is 14.4 Å². The minimum absolute atomic E-state index is 0.0149. The molecule has 0 aromatic heterocycles. The lowest BCUT2D eigenvalue weighted by Gasteiger charge is -2.23. The van der Waals surface area contributed by atoms with E-state index in [0.29, 0.717) is 29.4 Å². The fourth-order valence-electron chi connectivity index (χ4n) is 2.36. The summed E-state index contributed by atoms with van der Waals surface area (Å²) < 4.78 is 0.